The maximum absolute atomic E-state index is 12.7. The molecule has 0 bridgehead atoms. The van der Waals surface area contributed by atoms with Crippen molar-refractivity contribution < 1.29 is 9.53 Å². The Kier molecular flexibility index (Phi) is 5.27. The molecule has 7 heteroatoms. The van der Waals surface area contributed by atoms with Gasteiger partial charge in [-0.2, -0.15) is 0 Å². The molecular formula is C21H25N5O2. The van der Waals surface area contributed by atoms with Crippen molar-refractivity contribution in [1.82, 2.24) is 20.2 Å². The standard InChI is InChI=1S/C21H25N5O2/c1-14-23-17-8-7-15(11-18(17)24-14)25-21(27)13-26-10-9-22-12-19(26)16-5-3-4-6-20(16)28-2/h3-8,11,19,22H,9-10,12-13H2,1-2H3,(H,23,24)(H,25,27)/t19-/m0/s1. The van der Waals surface area contributed by atoms with Crippen molar-refractivity contribution in [3.8, 4) is 5.75 Å². The van der Waals surface area contributed by atoms with Crippen molar-refractivity contribution in [3.63, 3.8) is 0 Å². The summed E-state index contributed by atoms with van der Waals surface area (Å²) < 4.78 is 5.53. The Morgan fingerprint density at radius 1 is 1.32 bits per heavy atom. The number of ether oxygens (including phenoxy) is 1. The second-order valence-corrected chi connectivity index (χ2v) is 7.03. The summed E-state index contributed by atoms with van der Waals surface area (Å²) >= 11 is 0. The van der Waals surface area contributed by atoms with Crippen molar-refractivity contribution in [3.05, 3.63) is 53.9 Å². The van der Waals surface area contributed by atoms with Crippen molar-refractivity contribution in [2.75, 3.05) is 38.6 Å². The molecule has 3 aromatic rings. The topological polar surface area (TPSA) is 82.3 Å². The third kappa shape index (κ3) is 3.85. The van der Waals surface area contributed by atoms with Gasteiger partial charge in [-0.3, -0.25) is 9.69 Å². The van der Waals surface area contributed by atoms with Crippen LogP contribution < -0.4 is 15.4 Å². The molecule has 1 aromatic heterocycles. The van der Waals surface area contributed by atoms with Gasteiger partial charge in [0.1, 0.15) is 11.6 Å². The van der Waals surface area contributed by atoms with Crippen LogP contribution in [0, 0.1) is 6.92 Å². The van der Waals surface area contributed by atoms with E-state index in [2.05, 4.69) is 31.6 Å². The molecule has 1 fully saturated rings. The van der Waals surface area contributed by atoms with Gasteiger partial charge in [-0.15, -0.1) is 0 Å². The smallest absolute Gasteiger partial charge is 0.238 e. The number of imidazole rings is 1. The summed E-state index contributed by atoms with van der Waals surface area (Å²) in [4.78, 5) is 22.5. The molecule has 0 radical (unpaired) electrons. The van der Waals surface area contributed by atoms with Gasteiger partial charge in [0.05, 0.1) is 30.7 Å². The minimum atomic E-state index is -0.0302. The largest absolute Gasteiger partial charge is 0.496 e. The number of aryl methyl sites for hydroxylation is 1. The number of hydrogen-bond donors (Lipinski definition) is 3. The van der Waals surface area contributed by atoms with Gasteiger partial charge in [0, 0.05) is 30.9 Å². The number of para-hydroxylation sites is 1. The van der Waals surface area contributed by atoms with Gasteiger partial charge in [0.15, 0.2) is 0 Å². The van der Waals surface area contributed by atoms with Crippen LogP contribution in [-0.4, -0.2) is 54.1 Å². The minimum Gasteiger partial charge on any atom is -0.496 e. The summed E-state index contributed by atoms with van der Waals surface area (Å²) in [5.41, 5.74) is 3.68. The van der Waals surface area contributed by atoms with Crippen LogP contribution in [0.15, 0.2) is 42.5 Å². The number of nitrogens with zero attached hydrogens (tertiary/aromatic N) is 2. The number of rotatable bonds is 5. The monoisotopic (exact) mass is 379 g/mol. The number of H-pyrrole nitrogens is 1. The third-order valence-electron chi connectivity index (χ3n) is 5.08. The lowest BCUT2D eigenvalue weighted by Crippen LogP contribution is -2.48. The first kappa shape index (κ1) is 18.5. The number of hydrogen-bond acceptors (Lipinski definition) is 5. The van der Waals surface area contributed by atoms with Crippen LogP contribution in [0.25, 0.3) is 11.0 Å². The minimum absolute atomic E-state index is 0.0302. The molecule has 4 rings (SSSR count). The first-order valence-corrected chi connectivity index (χ1v) is 9.48. The van der Waals surface area contributed by atoms with Gasteiger partial charge in [-0.1, -0.05) is 18.2 Å². The van der Waals surface area contributed by atoms with E-state index in [1.54, 1.807) is 7.11 Å². The summed E-state index contributed by atoms with van der Waals surface area (Å²) in [5.74, 6) is 1.68. The van der Waals surface area contributed by atoms with Crippen LogP contribution in [0.1, 0.15) is 17.4 Å². The molecule has 0 unspecified atom stereocenters. The summed E-state index contributed by atoms with van der Waals surface area (Å²) in [5, 5.41) is 6.43. The lowest BCUT2D eigenvalue weighted by Gasteiger charge is -2.36. The number of carbonyl (C=O) groups excluding carboxylic acids is 1. The van der Waals surface area contributed by atoms with Crippen LogP contribution in [0.2, 0.25) is 0 Å². The molecule has 146 valence electrons. The molecule has 1 aliphatic heterocycles. The molecule has 3 N–H and O–H groups in total. The van der Waals surface area contributed by atoms with Crippen molar-refractivity contribution in [1.29, 1.82) is 0 Å². The molecule has 0 aliphatic carbocycles. The number of anilines is 1. The number of methoxy groups -OCH3 is 1. The highest BCUT2D eigenvalue weighted by Gasteiger charge is 2.27. The van der Waals surface area contributed by atoms with Gasteiger partial charge >= 0.3 is 0 Å². The third-order valence-corrected chi connectivity index (χ3v) is 5.08. The van der Waals surface area contributed by atoms with Crippen molar-refractivity contribution >= 4 is 22.6 Å². The zero-order valence-electron chi connectivity index (χ0n) is 16.2. The van der Waals surface area contributed by atoms with E-state index >= 15 is 0 Å². The molecule has 1 atom stereocenters. The fourth-order valence-corrected chi connectivity index (χ4v) is 3.78. The molecule has 1 saturated heterocycles. The van der Waals surface area contributed by atoms with Gasteiger partial charge in [-0.05, 0) is 31.2 Å². The average Bonchev–Trinajstić information content (AvgIpc) is 3.07. The van der Waals surface area contributed by atoms with Crippen molar-refractivity contribution in [2.24, 2.45) is 0 Å². The van der Waals surface area contributed by atoms with E-state index < -0.39 is 0 Å². The Morgan fingerprint density at radius 3 is 3.04 bits per heavy atom. The first-order chi connectivity index (χ1) is 13.6. The summed E-state index contributed by atoms with van der Waals surface area (Å²) in [6, 6.07) is 13.8. The fraction of sp³-hybridized carbons (Fsp3) is 0.333. The molecule has 1 amide bonds. The first-order valence-electron chi connectivity index (χ1n) is 9.48. The average molecular weight is 379 g/mol. The predicted octanol–water partition coefficient (Wildman–Crippen LogP) is 2.46. The van der Waals surface area contributed by atoms with E-state index in [0.717, 1.165) is 53.5 Å². The van der Waals surface area contributed by atoms with Gasteiger partial charge < -0.3 is 20.4 Å². The van der Waals surface area contributed by atoms with E-state index in [0.29, 0.717) is 6.54 Å². The van der Waals surface area contributed by atoms with E-state index in [1.165, 1.54) is 0 Å². The van der Waals surface area contributed by atoms with Crippen LogP contribution >= 0.6 is 0 Å². The maximum Gasteiger partial charge on any atom is 0.238 e. The van der Waals surface area contributed by atoms with Crippen LogP contribution in [-0.2, 0) is 4.79 Å². The van der Waals surface area contributed by atoms with Gasteiger partial charge in [0.25, 0.3) is 0 Å². The van der Waals surface area contributed by atoms with E-state index in [1.807, 2.05) is 43.3 Å². The Labute approximate surface area is 164 Å². The number of nitrogens with one attached hydrogen (secondary N) is 3. The zero-order chi connectivity index (χ0) is 19.5. The van der Waals surface area contributed by atoms with Crippen LogP contribution in [0.3, 0.4) is 0 Å². The molecule has 28 heavy (non-hydrogen) atoms. The van der Waals surface area contributed by atoms with Gasteiger partial charge in [-0.25, -0.2) is 4.98 Å². The highest BCUT2D eigenvalue weighted by atomic mass is 16.5. The molecule has 2 aromatic carbocycles. The summed E-state index contributed by atoms with van der Waals surface area (Å²) in [6.45, 7) is 4.69. The Hall–Kier alpha value is -2.90. The number of aromatic amines is 1. The highest BCUT2D eigenvalue weighted by molar-refractivity contribution is 5.94. The van der Waals surface area contributed by atoms with E-state index in [4.69, 9.17) is 4.74 Å². The molecule has 0 spiro atoms. The summed E-state index contributed by atoms with van der Waals surface area (Å²) in [6.07, 6.45) is 0. The normalized spacial score (nSPS) is 17.6. The van der Waals surface area contributed by atoms with Crippen LogP contribution in [0.5, 0.6) is 5.75 Å². The van der Waals surface area contributed by atoms with E-state index in [9.17, 15) is 4.79 Å². The van der Waals surface area contributed by atoms with Crippen molar-refractivity contribution in [2.45, 2.75) is 13.0 Å². The number of amides is 1. The number of benzene rings is 2. The summed E-state index contributed by atoms with van der Waals surface area (Å²) in [7, 11) is 1.68. The van der Waals surface area contributed by atoms with E-state index in [-0.39, 0.29) is 11.9 Å². The molecule has 7 nitrogen and oxygen atoms in total. The highest BCUT2D eigenvalue weighted by Crippen LogP contribution is 2.30. The van der Waals surface area contributed by atoms with Crippen LogP contribution in [0.4, 0.5) is 5.69 Å². The Morgan fingerprint density at radius 2 is 2.18 bits per heavy atom. The fourth-order valence-electron chi connectivity index (χ4n) is 3.78. The second kappa shape index (κ2) is 8.00. The zero-order valence-corrected chi connectivity index (χ0v) is 16.2. The predicted molar refractivity (Wildman–Crippen MR) is 110 cm³/mol. The maximum atomic E-state index is 12.7. The molecular weight excluding hydrogens is 354 g/mol. The molecule has 2 heterocycles. The SMILES string of the molecule is COc1ccccc1[C@@H]1CNCCN1CC(=O)Nc1ccc2nc(C)[nH]c2c1. The number of aromatic nitrogens is 2. The quantitative estimate of drug-likeness (QED) is 0.634. The molecule has 1 aliphatic rings. The lowest BCUT2D eigenvalue weighted by molar-refractivity contribution is -0.118. The Bertz CT molecular complexity index is 984. The Balaban J connectivity index is 1.48. The van der Waals surface area contributed by atoms with Gasteiger partial charge in [0.2, 0.25) is 5.91 Å². The number of piperazine rings is 1. The lowest BCUT2D eigenvalue weighted by atomic mass is 10.0. The number of fused-ring (bicyclic) bond motifs is 1. The second-order valence-electron chi connectivity index (χ2n) is 7.03. The molecule has 0 saturated carbocycles. The number of carbonyl (C=O) groups is 1.